The van der Waals surface area contributed by atoms with E-state index in [-0.39, 0.29) is 17.3 Å². The molecule has 108 valence electrons. The fraction of sp³-hybridized carbons (Fsp3) is 0.625. The Morgan fingerprint density at radius 2 is 2.25 bits per heavy atom. The number of aromatic nitrogens is 1. The first-order valence-electron chi connectivity index (χ1n) is 7.37. The van der Waals surface area contributed by atoms with Gasteiger partial charge in [0.1, 0.15) is 5.69 Å². The predicted molar refractivity (Wildman–Crippen MR) is 81.3 cm³/mol. The van der Waals surface area contributed by atoms with Crippen LogP contribution in [0.25, 0.3) is 0 Å². The largest absolute Gasteiger partial charge is 0.375 e. The Labute approximate surface area is 124 Å². The van der Waals surface area contributed by atoms with Gasteiger partial charge in [-0.1, -0.05) is 0 Å². The van der Waals surface area contributed by atoms with Gasteiger partial charge in [0, 0.05) is 18.7 Å². The van der Waals surface area contributed by atoms with Crippen LogP contribution in [-0.2, 0) is 4.74 Å². The van der Waals surface area contributed by atoms with Gasteiger partial charge in [0.15, 0.2) is 5.78 Å². The summed E-state index contributed by atoms with van der Waals surface area (Å²) >= 11 is 1.99. The maximum absolute atomic E-state index is 12.7. The number of rotatable bonds is 2. The Morgan fingerprint density at radius 3 is 3.00 bits per heavy atom. The zero-order chi connectivity index (χ0) is 14.0. The zero-order valence-electron chi connectivity index (χ0n) is 11.9. The molecule has 1 spiro atoms. The molecule has 1 atom stereocenters. The summed E-state index contributed by atoms with van der Waals surface area (Å²) < 4.78 is 6.06. The third-order valence-corrected chi connectivity index (χ3v) is 5.42. The molecule has 20 heavy (non-hydrogen) atoms. The van der Waals surface area contributed by atoms with E-state index in [9.17, 15) is 4.79 Å². The number of carbonyl (C=O) groups is 1. The van der Waals surface area contributed by atoms with Gasteiger partial charge >= 0.3 is 0 Å². The van der Waals surface area contributed by atoms with Crippen molar-refractivity contribution in [3.8, 4) is 0 Å². The van der Waals surface area contributed by atoms with Crippen LogP contribution in [0.4, 0.5) is 0 Å². The van der Waals surface area contributed by atoms with Crippen molar-refractivity contribution in [2.24, 2.45) is 5.92 Å². The van der Waals surface area contributed by atoms with E-state index in [0.717, 1.165) is 42.8 Å². The molecule has 2 aliphatic rings. The average molecular weight is 291 g/mol. The van der Waals surface area contributed by atoms with Gasteiger partial charge in [-0.3, -0.25) is 9.78 Å². The van der Waals surface area contributed by atoms with Crippen molar-refractivity contribution in [1.29, 1.82) is 0 Å². The first-order chi connectivity index (χ1) is 9.69. The molecule has 3 rings (SSSR count). The summed E-state index contributed by atoms with van der Waals surface area (Å²) in [6.07, 6.45) is 5.62. The predicted octanol–water partition coefficient (Wildman–Crippen LogP) is 3.27. The molecule has 0 radical (unpaired) electrons. The summed E-state index contributed by atoms with van der Waals surface area (Å²) in [6, 6.07) is 3.84. The van der Waals surface area contributed by atoms with E-state index >= 15 is 0 Å². The molecule has 0 bridgehead atoms. The topological polar surface area (TPSA) is 39.2 Å². The minimum Gasteiger partial charge on any atom is -0.375 e. The van der Waals surface area contributed by atoms with Crippen LogP contribution < -0.4 is 0 Å². The maximum atomic E-state index is 12.7. The van der Waals surface area contributed by atoms with Gasteiger partial charge in [-0.2, -0.15) is 11.8 Å². The lowest BCUT2D eigenvalue weighted by molar-refractivity contribution is -0.0960. The number of Topliss-reactive ketones (excluding diaryl/α,β-unsaturated/α-hetero) is 1. The van der Waals surface area contributed by atoms with E-state index in [1.54, 1.807) is 6.20 Å². The molecule has 0 aliphatic carbocycles. The van der Waals surface area contributed by atoms with E-state index in [1.165, 1.54) is 0 Å². The molecule has 4 heteroatoms. The van der Waals surface area contributed by atoms with E-state index in [4.69, 9.17) is 4.74 Å². The lowest BCUT2D eigenvalue weighted by Gasteiger charge is -2.42. The lowest BCUT2D eigenvalue weighted by Crippen LogP contribution is -2.44. The van der Waals surface area contributed by atoms with Crippen molar-refractivity contribution in [1.82, 2.24) is 4.98 Å². The first-order valence-corrected chi connectivity index (χ1v) is 8.53. The van der Waals surface area contributed by atoms with E-state index in [2.05, 4.69) is 4.98 Å². The van der Waals surface area contributed by atoms with E-state index in [1.807, 2.05) is 30.8 Å². The second-order valence-corrected chi connectivity index (χ2v) is 7.14. The number of hydrogen-bond acceptors (Lipinski definition) is 4. The number of nitrogens with zero attached hydrogens (tertiary/aromatic N) is 1. The third kappa shape index (κ3) is 2.91. The van der Waals surface area contributed by atoms with Crippen LogP contribution in [0.1, 0.15) is 41.7 Å². The summed E-state index contributed by atoms with van der Waals surface area (Å²) in [7, 11) is 0. The van der Waals surface area contributed by atoms with Gasteiger partial charge in [-0.25, -0.2) is 0 Å². The summed E-state index contributed by atoms with van der Waals surface area (Å²) in [5.41, 5.74) is 1.68. The van der Waals surface area contributed by atoms with Crippen molar-refractivity contribution in [2.75, 3.05) is 18.1 Å². The van der Waals surface area contributed by atoms with E-state index in [0.29, 0.717) is 12.3 Å². The van der Waals surface area contributed by atoms with Gasteiger partial charge in [-0.15, -0.1) is 0 Å². The standard InChI is InChI=1S/C16H21NO2S/c1-12-2-6-17-14(10-12)15(18)13-3-7-19-16(11-13)4-8-20-9-5-16/h2,6,10,13H,3-5,7-9,11H2,1H3. The van der Waals surface area contributed by atoms with Crippen molar-refractivity contribution in [3.63, 3.8) is 0 Å². The van der Waals surface area contributed by atoms with Crippen LogP contribution in [0.3, 0.4) is 0 Å². The number of ether oxygens (including phenoxy) is 1. The van der Waals surface area contributed by atoms with Gasteiger partial charge in [-0.05, 0) is 61.8 Å². The molecule has 3 heterocycles. The fourth-order valence-electron chi connectivity index (χ4n) is 3.22. The summed E-state index contributed by atoms with van der Waals surface area (Å²) in [6.45, 7) is 2.72. The molecular formula is C16H21NO2S. The highest BCUT2D eigenvalue weighted by atomic mass is 32.2. The van der Waals surface area contributed by atoms with Crippen molar-refractivity contribution in [3.05, 3.63) is 29.6 Å². The summed E-state index contributed by atoms with van der Waals surface area (Å²) in [5, 5.41) is 0. The molecule has 0 amide bonds. The molecule has 3 nitrogen and oxygen atoms in total. The molecule has 1 aromatic heterocycles. The number of ketones is 1. The van der Waals surface area contributed by atoms with Crippen LogP contribution in [0.15, 0.2) is 18.3 Å². The van der Waals surface area contributed by atoms with Crippen LogP contribution in [0.5, 0.6) is 0 Å². The minimum atomic E-state index is -0.0341. The first kappa shape index (κ1) is 14.1. The number of hydrogen-bond donors (Lipinski definition) is 0. The smallest absolute Gasteiger partial charge is 0.184 e. The Kier molecular flexibility index (Phi) is 4.13. The third-order valence-electron chi connectivity index (χ3n) is 4.44. The van der Waals surface area contributed by atoms with Gasteiger partial charge in [0.05, 0.1) is 5.60 Å². The van der Waals surface area contributed by atoms with Crippen molar-refractivity contribution >= 4 is 17.5 Å². The van der Waals surface area contributed by atoms with Gasteiger partial charge in [0.2, 0.25) is 0 Å². The Bertz CT molecular complexity index is 491. The number of aryl methyl sites for hydroxylation is 1. The summed E-state index contributed by atoms with van der Waals surface area (Å²) in [4.78, 5) is 16.9. The van der Waals surface area contributed by atoms with Crippen LogP contribution in [0, 0.1) is 12.8 Å². The molecular weight excluding hydrogens is 270 g/mol. The Morgan fingerprint density at radius 1 is 1.45 bits per heavy atom. The highest BCUT2D eigenvalue weighted by Crippen LogP contribution is 2.40. The molecule has 0 N–H and O–H groups in total. The Balaban J connectivity index is 1.74. The van der Waals surface area contributed by atoms with Gasteiger partial charge in [0.25, 0.3) is 0 Å². The molecule has 1 unspecified atom stereocenters. The monoisotopic (exact) mass is 291 g/mol. The molecule has 2 fully saturated rings. The molecule has 2 saturated heterocycles. The molecule has 0 saturated carbocycles. The molecule has 0 aromatic carbocycles. The Hall–Kier alpha value is -0.870. The number of pyridine rings is 1. The SMILES string of the molecule is Cc1ccnc(C(=O)C2CCOC3(CCSCC3)C2)c1. The quantitative estimate of drug-likeness (QED) is 0.784. The van der Waals surface area contributed by atoms with Crippen LogP contribution in [-0.4, -0.2) is 34.5 Å². The average Bonchev–Trinajstić information content (AvgIpc) is 2.47. The van der Waals surface area contributed by atoms with Crippen molar-refractivity contribution in [2.45, 2.75) is 38.2 Å². The zero-order valence-corrected chi connectivity index (χ0v) is 12.7. The number of carbonyl (C=O) groups excluding carboxylic acids is 1. The second kappa shape index (κ2) is 5.86. The molecule has 1 aromatic rings. The lowest BCUT2D eigenvalue weighted by atomic mass is 9.79. The number of thioether (sulfide) groups is 1. The summed E-state index contributed by atoms with van der Waals surface area (Å²) in [5.74, 6) is 2.60. The minimum absolute atomic E-state index is 0.0341. The highest BCUT2D eigenvalue weighted by molar-refractivity contribution is 7.99. The van der Waals surface area contributed by atoms with Crippen molar-refractivity contribution < 1.29 is 9.53 Å². The highest BCUT2D eigenvalue weighted by Gasteiger charge is 2.41. The van der Waals surface area contributed by atoms with Crippen LogP contribution >= 0.6 is 11.8 Å². The van der Waals surface area contributed by atoms with Gasteiger partial charge < -0.3 is 4.74 Å². The molecule has 2 aliphatic heterocycles. The fourth-order valence-corrected chi connectivity index (χ4v) is 4.46. The normalized spacial score (nSPS) is 25.6. The van der Waals surface area contributed by atoms with Crippen LogP contribution in [0.2, 0.25) is 0 Å². The second-order valence-electron chi connectivity index (χ2n) is 5.92. The maximum Gasteiger partial charge on any atom is 0.184 e. The van der Waals surface area contributed by atoms with E-state index < -0.39 is 0 Å².